The van der Waals surface area contributed by atoms with E-state index in [9.17, 15) is 14.4 Å². The first kappa shape index (κ1) is 30.5. The van der Waals surface area contributed by atoms with Crippen molar-refractivity contribution < 1.29 is 19.1 Å². The van der Waals surface area contributed by atoms with Crippen LogP contribution < -0.4 is 10.6 Å². The molecule has 1 rings (SSSR count). The van der Waals surface area contributed by atoms with Crippen LogP contribution in [-0.2, 0) is 14.3 Å². The largest absolute Gasteiger partial charge is 0.444 e. The maximum Gasteiger partial charge on any atom is 0.408 e. The Labute approximate surface area is 212 Å². The van der Waals surface area contributed by atoms with Gasteiger partial charge in [0.1, 0.15) is 17.7 Å². The predicted octanol–water partition coefficient (Wildman–Crippen LogP) is 5.52. The van der Waals surface area contributed by atoms with Crippen LogP contribution in [0.1, 0.15) is 98.7 Å². The number of hydrogen-bond acceptors (Lipinski definition) is 4. The summed E-state index contributed by atoms with van der Waals surface area (Å²) >= 11 is 0. The number of ether oxygens (including phenoxy) is 1. The van der Waals surface area contributed by atoms with Gasteiger partial charge in [-0.1, -0.05) is 63.9 Å². The zero-order valence-electron chi connectivity index (χ0n) is 23.5. The summed E-state index contributed by atoms with van der Waals surface area (Å²) in [6.07, 6.45) is 1.78. The Bertz CT molecular complexity index is 858. The molecule has 0 aliphatic carbocycles. The van der Waals surface area contributed by atoms with Crippen molar-refractivity contribution in [3.8, 4) is 0 Å². The SMILES string of the molecule is CCCCNC(=O)C(c1cccc(C)c1)N(C(=O)C(NC(=O)OC(C)(C)C)C(C)C)C(C)(C)CC. The van der Waals surface area contributed by atoms with Gasteiger partial charge in [0, 0.05) is 12.1 Å². The van der Waals surface area contributed by atoms with Crippen molar-refractivity contribution >= 4 is 17.9 Å². The van der Waals surface area contributed by atoms with Gasteiger partial charge < -0.3 is 20.3 Å². The molecular weight excluding hydrogens is 442 g/mol. The van der Waals surface area contributed by atoms with Gasteiger partial charge >= 0.3 is 6.09 Å². The molecule has 0 radical (unpaired) electrons. The van der Waals surface area contributed by atoms with Gasteiger partial charge in [-0.3, -0.25) is 9.59 Å². The van der Waals surface area contributed by atoms with Crippen LogP contribution in [0.25, 0.3) is 0 Å². The fourth-order valence-electron chi connectivity index (χ4n) is 3.79. The number of nitrogens with zero attached hydrogens (tertiary/aromatic N) is 1. The summed E-state index contributed by atoms with van der Waals surface area (Å²) in [6.45, 7) is 19.6. The molecule has 7 heteroatoms. The number of carbonyl (C=O) groups excluding carboxylic acids is 3. The highest BCUT2D eigenvalue weighted by Crippen LogP contribution is 2.33. The first-order valence-corrected chi connectivity index (χ1v) is 12.8. The highest BCUT2D eigenvalue weighted by Gasteiger charge is 2.43. The Kier molecular flexibility index (Phi) is 11.3. The average Bonchev–Trinajstić information content (AvgIpc) is 2.73. The molecule has 2 atom stereocenters. The van der Waals surface area contributed by atoms with Gasteiger partial charge in [-0.2, -0.15) is 0 Å². The van der Waals surface area contributed by atoms with Crippen LogP contribution in [0.15, 0.2) is 24.3 Å². The summed E-state index contributed by atoms with van der Waals surface area (Å²) in [5.74, 6) is -0.750. The molecule has 0 spiro atoms. The van der Waals surface area contributed by atoms with Crippen LogP contribution in [-0.4, -0.2) is 46.5 Å². The first-order valence-electron chi connectivity index (χ1n) is 12.8. The van der Waals surface area contributed by atoms with E-state index in [1.54, 1.807) is 25.7 Å². The highest BCUT2D eigenvalue weighted by molar-refractivity contribution is 5.92. The maximum atomic E-state index is 14.2. The maximum absolute atomic E-state index is 14.2. The van der Waals surface area contributed by atoms with Gasteiger partial charge in [0.2, 0.25) is 11.8 Å². The molecule has 35 heavy (non-hydrogen) atoms. The molecule has 0 saturated heterocycles. The summed E-state index contributed by atoms with van der Waals surface area (Å²) < 4.78 is 5.43. The summed E-state index contributed by atoms with van der Waals surface area (Å²) in [4.78, 5) is 42.1. The van der Waals surface area contributed by atoms with Crippen molar-refractivity contribution in [1.82, 2.24) is 15.5 Å². The average molecular weight is 490 g/mol. The van der Waals surface area contributed by atoms with E-state index in [0.717, 1.165) is 24.0 Å². The minimum atomic E-state index is -0.855. The van der Waals surface area contributed by atoms with E-state index < -0.39 is 29.3 Å². The fourth-order valence-corrected chi connectivity index (χ4v) is 3.79. The number of rotatable bonds is 11. The van der Waals surface area contributed by atoms with E-state index in [4.69, 9.17) is 4.74 Å². The van der Waals surface area contributed by atoms with E-state index in [2.05, 4.69) is 17.6 Å². The van der Waals surface area contributed by atoms with E-state index >= 15 is 0 Å². The minimum Gasteiger partial charge on any atom is -0.444 e. The molecule has 1 aromatic rings. The van der Waals surface area contributed by atoms with Gasteiger partial charge in [-0.05, 0) is 65.9 Å². The van der Waals surface area contributed by atoms with Gasteiger partial charge in [-0.15, -0.1) is 0 Å². The van der Waals surface area contributed by atoms with Crippen molar-refractivity contribution in [3.63, 3.8) is 0 Å². The molecule has 7 nitrogen and oxygen atoms in total. The second kappa shape index (κ2) is 12.9. The van der Waals surface area contributed by atoms with Crippen molar-refractivity contribution in [1.29, 1.82) is 0 Å². The molecule has 0 aliphatic rings. The van der Waals surface area contributed by atoms with Crippen LogP contribution in [0.3, 0.4) is 0 Å². The fraction of sp³-hybridized carbons (Fsp3) is 0.679. The molecule has 2 unspecified atom stereocenters. The van der Waals surface area contributed by atoms with E-state index in [1.165, 1.54) is 0 Å². The molecule has 0 bridgehead atoms. The van der Waals surface area contributed by atoms with Crippen molar-refractivity contribution in [2.24, 2.45) is 5.92 Å². The van der Waals surface area contributed by atoms with Crippen LogP contribution in [0.2, 0.25) is 0 Å². The summed E-state index contributed by atoms with van der Waals surface area (Å²) in [5, 5.41) is 5.80. The standard InChI is InChI=1S/C28H47N3O4/c1-11-13-17-29-24(32)23(21-16-14-15-20(5)18-21)31(28(9,10)12-2)25(33)22(19(3)4)30-26(34)35-27(6,7)8/h14-16,18-19,22-23H,11-13,17H2,1-10H3,(H,29,32)(H,30,34). The zero-order chi connectivity index (χ0) is 27.0. The van der Waals surface area contributed by atoms with Gasteiger partial charge in [0.15, 0.2) is 0 Å². The normalized spacial score (nSPS) is 13.7. The van der Waals surface area contributed by atoms with Gasteiger partial charge in [-0.25, -0.2) is 4.79 Å². The number of aryl methyl sites for hydroxylation is 1. The predicted molar refractivity (Wildman–Crippen MR) is 141 cm³/mol. The summed E-state index contributed by atoms with van der Waals surface area (Å²) in [7, 11) is 0. The van der Waals surface area contributed by atoms with Crippen LogP contribution >= 0.6 is 0 Å². The van der Waals surface area contributed by atoms with Crippen molar-refractivity contribution in [2.75, 3.05) is 6.54 Å². The number of alkyl carbamates (subject to hydrolysis) is 1. The third kappa shape index (κ3) is 9.19. The van der Waals surface area contributed by atoms with Gasteiger partial charge in [0.05, 0.1) is 0 Å². The second-order valence-electron chi connectivity index (χ2n) is 11.2. The number of nitrogens with one attached hydrogen (secondary N) is 2. The van der Waals surface area contributed by atoms with E-state index in [1.807, 2.05) is 65.8 Å². The number of carbonyl (C=O) groups is 3. The molecule has 0 saturated carbocycles. The quantitative estimate of drug-likeness (QED) is 0.401. The van der Waals surface area contributed by atoms with E-state index in [-0.39, 0.29) is 17.7 Å². The Morgan fingerprint density at radius 1 is 1.06 bits per heavy atom. The molecule has 0 heterocycles. The highest BCUT2D eigenvalue weighted by atomic mass is 16.6. The smallest absolute Gasteiger partial charge is 0.408 e. The Hall–Kier alpha value is -2.57. The summed E-state index contributed by atoms with van der Waals surface area (Å²) in [6, 6.07) is 6.00. The molecule has 3 amide bonds. The van der Waals surface area contributed by atoms with Crippen LogP contribution in [0.4, 0.5) is 4.79 Å². The number of hydrogen-bond donors (Lipinski definition) is 2. The number of unbranched alkanes of at least 4 members (excludes halogenated alkanes) is 1. The monoisotopic (exact) mass is 489 g/mol. The lowest BCUT2D eigenvalue weighted by atomic mass is 9.90. The van der Waals surface area contributed by atoms with E-state index in [0.29, 0.717) is 13.0 Å². The molecule has 2 N–H and O–H groups in total. The Balaban J connectivity index is 3.56. The molecule has 0 fully saturated rings. The lowest BCUT2D eigenvalue weighted by molar-refractivity contribution is -0.150. The topological polar surface area (TPSA) is 87.7 Å². The molecule has 198 valence electrons. The lowest BCUT2D eigenvalue weighted by Crippen LogP contribution is -2.60. The Morgan fingerprint density at radius 2 is 1.69 bits per heavy atom. The summed E-state index contributed by atoms with van der Waals surface area (Å²) in [5.41, 5.74) is 0.396. The van der Waals surface area contributed by atoms with Gasteiger partial charge in [0.25, 0.3) is 0 Å². The molecule has 0 aromatic heterocycles. The second-order valence-corrected chi connectivity index (χ2v) is 11.2. The van der Waals surface area contributed by atoms with Crippen LogP contribution in [0.5, 0.6) is 0 Å². The Morgan fingerprint density at radius 3 is 2.17 bits per heavy atom. The number of amides is 3. The third-order valence-electron chi connectivity index (χ3n) is 6.05. The molecule has 0 aliphatic heterocycles. The third-order valence-corrected chi connectivity index (χ3v) is 6.05. The van der Waals surface area contributed by atoms with Crippen LogP contribution in [0, 0.1) is 12.8 Å². The number of benzene rings is 1. The lowest BCUT2D eigenvalue weighted by Gasteiger charge is -2.45. The molecular formula is C28H47N3O4. The zero-order valence-corrected chi connectivity index (χ0v) is 23.5. The van der Waals surface area contributed by atoms with Crippen molar-refractivity contribution in [3.05, 3.63) is 35.4 Å². The molecule has 1 aromatic carbocycles. The first-order chi connectivity index (χ1) is 16.1. The minimum absolute atomic E-state index is 0.216. The van der Waals surface area contributed by atoms with Crippen molar-refractivity contribution in [2.45, 2.75) is 112 Å².